The lowest BCUT2D eigenvalue weighted by Gasteiger charge is -2.42. The van der Waals surface area contributed by atoms with Gasteiger partial charge in [0.1, 0.15) is 0 Å². The third-order valence-corrected chi connectivity index (χ3v) is 7.95. The molecule has 2 saturated heterocycles. The Kier molecular flexibility index (Phi) is 9.60. The normalized spacial score (nSPS) is 19.2. The summed E-state index contributed by atoms with van der Waals surface area (Å²) in [5.41, 5.74) is 0.708. The highest BCUT2D eigenvalue weighted by Crippen LogP contribution is 2.37. The number of alkyl halides is 6. The van der Waals surface area contributed by atoms with Crippen LogP contribution in [-0.2, 0) is 23.5 Å². The molecule has 0 aromatic heterocycles. The van der Waals surface area contributed by atoms with E-state index in [1.54, 1.807) is 0 Å². The number of carbonyl (C=O) groups excluding carboxylic acids is 1. The summed E-state index contributed by atoms with van der Waals surface area (Å²) in [7, 11) is 0. The molecule has 2 aliphatic rings. The lowest BCUT2D eigenvalue weighted by molar-refractivity contribution is -0.143. The van der Waals surface area contributed by atoms with Gasteiger partial charge >= 0.3 is 12.4 Å². The molecule has 43 heavy (non-hydrogen) atoms. The maximum atomic E-state index is 13.7. The lowest BCUT2D eigenvalue weighted by atomic mass is 9.97. The highest BCUT2D eigenvalue weighted by atomic mass is 19.4. The summed E-state index contributed by atoms with van der Waals surface area (Å²) in [4.78, 5) is 17.3. The van der Waals surface area contributed by atoms with E-state index in [2.05, 4.69) is 15.3 Å². The maximum Gasteiger partial charge on any atom is 0.416 e. The molecule has 0 bridgehead atoms. The molecule has 2 aliphatic heterocycles. The van der Waals surface area contributed by atoms with Crippen molar-refractivity contribution in [1.29, 1.82) is 0 Å². The first kappa shape index (κ1) is 31.2. The number of nitrogens with zero attached hydrogens (tertiary/aromatic N) is 3. The zero-order valence-corrected chi connectivity index (χ0v) is 23.6. The second kappa shape index (κ2) is 13.2. The molecule has 0 aliphatic carbocycles. The third-order valence-electron chi connectivity index (χ3n) is 7.95. The first-order valence-electron chi connectivity index (χ1n) is 14.3. The number of benzene rings is 3. The molecule has 12 heteroatoms. The minimum atomic E-state index is -5.03. The molecular formula is C31H34F6N4O2. The van der Waals surface area contributed by atoms with Crippen LogP contribution in [0.3, 0.4) is 0 Å². The Morgan fingerprint density at radius 3 is 2.19 bits per heavy atom. The molecule has 1 unspecified atom stereocenters. The topological polar surface area (TPSA) is 48.1 Å². The van der Waals surface area contributed by atoms with E-state index in [-0.39, 0.29) is 12.6 Å². The number of hydrogen-bond donors (Lipinski definition) is 1. The van der Waals surface area contributed by atoms with Gasteiger partial charge in [-0.2, -0.15) is 26.3 Å². The Balaban J connectivity index is 1.35. The number of hydrogen-bond acceptors (Lipinski definition) is 5. The van der Waals surface area contributed by atoms with Gasteiger partial charge in [-0.25, -0.2) is 5.01 Å². The quantitative estimate of drug-likeness (QED) is 0.272. The second-order valence-electron chi connectivity index (χ2n) is 11.0. The molecule has 1 atom stereocenters. The minimum Gasteiger partial charge on any atom is -0.379 e. The molecule has 232 valence electrons. The summed E-state index contributed by atoms with van der Waals surface area (Å²) in [5, 5.41) is 4.17. The standard InChI is InChI=1S/C31H34F6N4O2/c32-30(33,34)26-18-25(19-27(20-26)31(35,36)37)29(42)41-11-10-39(9-3-8-38-40-12-14-43-15-13-40)21-28(41)17-22-6-7-23-4-1-2-5-24(23)16-22/h1-2,4-7,16,18-20,28,38H,3,8-15,17,21H2. The molecule has 0 spiro atoms. The van der Waals surface area contributed by atoms with Gasteiger partial charge in [-0.05, 0) is 53.9 Å². The molecule has 2 fully saturated rings. The van der Waals surface area contributed by atoms with Crippen LogP contribution < -0.4 is 5.43 Å². The molecule has 3 aromatic rings. The van der Waals surface area contributed by atoms with Crippen LogP contribution in [0.2, 0.25) is 0 Å². The van der Waals surface area contributed by atoms with Gasteiger partial charge < -0.3 is 9.64 Å². The summed E-state index contributed by atoms with van der Waals surface area (Å²) < 4.78 is 86.6. The lowest BCUT2D eigenvalue weighted by Crippen LogP contribution is -2.56. The Labute approximate surface area is 246 Å². The summed E-state index contributed by atoms with van der Waals surface area (Å²) in [6, 6.07) is 14.4. The Bertz CT molecular complexity index is 1370. The highest BCUT2D eigenvalue weighted by molar-refractivity contribution is 5.95. The number of ether oxygens (including phenoxy) is 1. The molecular weight excluding hydrogens is 574 g/mol. The van der Waals surface area contributed by atoms with Crippen molar-refractivity contribution in [3.63, 3.8) is 0 Å². The van der Waals surface area contributed by atoms with Crippen LogP contribution in [0.15, 0.2) is 60.7 Å². The number of amides is 1. The van der Waals surface area contributed by atoms with Gasteiger partial charge in [0, 0.05) is 50.9 Å². The molecule has 3 aromatic carbocycles. The number of rotatable bonds is 8. The first-order chi connectivity index (χ1) is 20.5. The zero-order valence-electron chi connectivity index (χ0n) is 23.6. The van der Waals surface area contributed by atoms with Crippen LogP contribution in [-0.4, -0.2) is 85.8 Å². The number of fused-ring (bicyclic) bond motifs is 1. The molecule has 1 N–H and O–H groups in total. The summed E-state index contributed by atoms with van der Waals surface area (Å²) in [5.74, 6) is -0.837. The van der Waals surface area contributed by atoms with Crippen LogP contribution in [0.4, 0.5) is 26.3 Å². The number of nitrogens with one attached hydrogen (secondary N) is 1. The van der Waals surface area contributed by atoms with E-state index in [9.17, 15) is 31.1 Å². The van der Waals surface area contributed by atoms with E-state index in [1.807, 2.05) is 42.5 Å². The Hall–Kier alpha value is -3.19. The fraction of sp³-hybridized carbons (Fsp3) is 0.452. The third kappa shape index (κ3) is 8.05. The van der Waals surface area contributed by atoms with Crippen LogP contribution in [0.5, 0.6) is 0 Å². The van der Waals surface area contributed by atoms with E-state index in [0.717, 1.165) is 48.9 Å². The Morgan fingerprint density at radius 2 is 1.51 bits per heavy atom. The van der Waals surface area contributed by atoms with Gasteiger partial charge in [-0.15, -0.1) is 0 Å². The zero-order chi connectivity index (χ0) is 30.6. The van der Waals surface area contributed by atoms with Gasteiger partial charge in [0.05, 0.1) is 24.3 Å². The average Bonchev–Trinajstić information content (AvgIpc) is 2.98. The monoisotopic (exact) mass is 608 g/mol. The van der Waals surface area contributed by atoms with Crippen molar-refractivity contribution >= 4 is 16.7 Å². The minimum absolute atomic E-state index is 0.0478. The van der Waals surface area contributed by atoms with Crippen molar-refractivity contribution in [3.05, 3.63) is 82.9 Å². The van der Waals surface area contributed by atoms with E-state index in [1.165, 1.54) is 4.90 Å². The molecule has 0 saturated carbocycles. The van der Waals surface area contributed by atoms with Gasteiger partial charge in [0.2, 0.25) is 0 Å². The molecule has 0 radical (unpaired) electrons. The fourth-order valence-electron chi connectivity index (χ4n) is 5.71. The number of hydrazine groups is 1. The largest absolute Gasteiger partial charge is 0.416 e. The fourth-order valence-corrected chi connectivity index (χ4v) is 5.71. The average molecular weight is 609 g/mol. The van der Waals surface area contributed by atoms with Crippen LogP contribution >= 0.6 is 0 Å². The highest BCUT2D eigenvalue weighted by Gasteiger charge is 2.39. The number of halogens is 6. The van der Waals surface area contributed by atoms with Gasteiger partial charge in [0.15, 0.2) is 0 Å². The molecule has 5 rings (SSSR count). The second-order valence-corrected chi connectivity index (χ2v) is 11.0. The van der Waals surface area contributed by atoms with Crippen molar-refractivity contribution in [3.8, 4) is 0 Å². The van der Waals surface area contributed by atoms with Crippen LogP contribution in [0, 0.1) is 0 Å². The van der Waals surface area contributed by atoms with E-state index in [4.69, 9.17) is 4.74 Å². The van der Waals surface area contributed by atoms with Gasteiger partial charge in [-0.3, -0.25) is 15.1 Å². The Morgan fingerprint density at radius 1 is 0.837 bits per heavy atom. The van der Waals surface area contributed by atoms with Crippen molar-refractivity contribution in [2.24, 2.45) is 0 Å². The summed E-state index contributed by atoms with van der Waals surface area (Å²) >= 11 is 0. The van der Waals surface area contributed by atoms with Crippen LogP contribution in [0.25, 0.3) is 10.8 Å². The molecule has 1 amide bonds. The van der Waals surface area contributed by atoms with Crippen molar-refractivity contribution in [2.45, 2.75) is 31.2 Å². The summed E-state index contributed by atoms with van der Waals surface area (Å²) in [6.45, 7) is 5.54. The number of carbonyl (C=O) groups is 1. The van der Waals surface area contributed by atoms with Crippen molar-refractivity contribution in [1.82, 2.24) is 20.2 Å². The number of morpholine rings is 1. The predicted molar refractivity (Wildman–Crippen MR) is 150 cm³/mol. The predicted octanol–water partition coefficient (Wildman–Crippen LogP) is 5.47. The molecule has 2 heterocycles. The number of piperazine rings is 1. The van der Waals surface area contributed by atoms with Gasteiger partial charge in [0.25, 0.3) is 5.91 Å². The van der Waals surface area contributed by atoms with E-state index in [0.29, 0.717) is 44.9 Å². The van der Waals surface area contributed by atoms with E-state index >= 15 is 0 Å². The van der Waals surface area contributed by atoms with Crippen LogP contribution in [0.1, 0.15) is 33.5 Å². The van der Waals surface area contributed by atoms with Gasteiger partial charge in [-0.1, -0.05) is 42.5 Å². The van der Waals surface area contributed by atoms with Crippen molar-refractivity contribution < 1.29 is 35.9 Å². The first-order valence-corrected chi connectivity index (χ1v) is 14.3. The summed E-state index contributed by atoms with van der Waals surface area (Å²) in [6.07, 6.45) is -8.83. The molecule has 6 nitrogen and oxygen atoms in total. The maximum absolute atomic E-state index is 13.7. The van der Waals surface area contributed by atoms with E-state index < -0.39 is 41.0 Å². The smallest absolute Gasteiger partial charge is 0.379 e. The van der Waals surface area contributed by atoms with Crippen molar-refractivity contribution in [2.75, 3.05) is 59.0 Å². The SMILES string of the molecule is O=C(c1cc(C(F)(F)F)cc(C(F)(F)F)c1)N1CCN(CCCNN2CCOCC2)CC1Cc1ccc2ccccc2c1.